The topological polar surface area (TPSA) is 131 Å². The van der Waals surface area contributed by atoms with Crippen molar-refractivity contribution in [2.75, 3.05) is 25.4 Å². The average Bonchev–Trinajstić information content (AvgIpc) is 2.81. The molecule has 0 bridgehead atoms. The van der Waals surface area contributed by atoms with Crippen molar-refractivity contribution in [2.45, 2.75) is 6.10 Å². The third-order valence-corrected chi connectivity index (χ3v) is 3.32. The van der Waals surface area contributed by atoms with Crippen LogP contribution in [0.2, 0.25) is 0 Å². The second kappa shape index (κ2) is 5.85. The van der Waals surface area contributed by atoms with Crippen molar-refractivity contribution >= 4 is 17.3 Å². The number of aliphatic hydroxyl groups excluding tert-OH is 1. The van der Waals surface area contributed by atoms with Gasteiger partial charge in [-0.1, -0.05) is 0 Å². The maximum atomic E-state index is 12.0. The van der Waals surface area contributed by atoms with Crippen LogP contribution in [0.5, 0.6) is 0 Å². The van der Waals surface area contributed by atoms with Crippen molar-refractivity contribution in [3.63, 3.8) is 0 Å². The molecule has 2 atom stereocenters. The Hall–Kier alpha value is -2.19. The molecule has 0 saturated carbocycles. The summed E-state index contributed by atoms with van der Waals surface area (Å²) in [5.74, 6) is -0.552. The number of nitrogen functional groups attached to an aromatic ring is 1. The van der Waals surface area contributed by atoms with Crippen LogP contribution in [0.15, 0.2) is 18.2 Å². The molecule has 0 spiro atoms. The van der Waals surface area contributed by atoms with Crippen LogP contribution in [0, 0.1) is 16.0 Å². The SMILES string of the molecule is Nc1ccc([N+](=O)[O-])cc1C(=O)NCC1CNCC1O. The van der Waals surface area contributed by atoms with Crippen molar-refractivity contribution in [1.29, 1.82) is 0 Å². The van der Waals surface area contributed by atoms with Crippen molar-refractivity contribution < 1.29 is 14.8 Å². The summed E-state index contributed by atoms with van der Waals surface area (Å²) in [6.07, 6.45) is -0.502. The van der Waals surface area contributed by atoms with Gasteiger partial charge in [0, 0.05) is 43.4 Å². The normalized spacial score (nSPS) is 21.6. The molecule has 20 heavy (non-hydrogen) atoms. The summed E-state index contributed by atoms with van der Waals surface area (Å²) in [6.45, 7) is 1.40. The summed E-state index contributed by atoms with van der Waals surface area (Å²) >= 11 is 0. The second-order valence-corrected chi connectivity index (χ2v) is 4.72. The first-order valence-corrected chi connectivity index (χ1v) is 6.20. The van der Waals surface area contributed by atoms with Crippen LogP contribution in [0.25, 0.3) is 0 Å². The molecule has 1 saturated heterocycles. The summed E-state index contributed by atoms with van der Waals surface area (Å²) in [5.41, 5.74) is 5.72. The first-order valence-electron chi connectivity index (χ1n) is 6.20. The Kier molecular flexibility index (Phi) is 4.16. The Morgan fingerprint density at radius 2 is 2.30 bits per heavy atom. The molecule has 2 rings (SSSR count). The molecule has 108 valence electrons. The number of non-ortho nitro benzene ring substituents is 1. The predicted molar refractivity (Wildman–Crippen MR) is 72.2 cm³/mol. The lowest BCUT2D eigenvalue weighted by Gasteiger charge is -2.14. The third kappa shape index (κ3) is 3.03. The minimum Gasteiger partial charge on any atom is -0.398 e. The van der Waals surface area contributed by atoms with Gasteiger partial charge >= 0.3 is 0 Å². The van der Waals surface area contributed by atoms with Gasteiger partial charge in [0.2, 0.25) is 0 Å². The van der Waals surface area contributed by atoms with Crippen LogP contribution in [-0.4, -0.2) is 41.7 Å². The molecule has 0 radical (unpaired) electrons. The fraction of sp³-hybridized carbons (Fsp3) is 0.417. The molecule has 1 aliphatic rings. The van der Waals surface area contributed by atoms with E-state index >= 15 is 0 Å². The maximum Gasteiger partial charge on any atom is 0.270 e. The zero-order valence-electron chi connectivity index (χ0n) is 10.7. The summed E-state index contributed by atoms with van der Waals surface area (Å²) in [7, 11) is 0. The number of anilines is 1. The smallest absolute Gasteiger partial charge is 0.270 e. The second-order valence-electron chi connectivity index (χ2n) is 4.72. The molecule has 0 aromatic heterocycles. The van der Waals surface area contributed by atoms with E-state index in [4.69, 9.17) is 5.73 Å². The fourth-order valence-electron chi connectivity index (χ4n) is 2.10. The van der Waals surface area contributed by atoms with Gasteiger partial charge in [-0.25, -0.2) is 0 Å². The number of rotatable bonds is 4. The molecule has 8 nitrogen and oxygen atoms in total. The van der Waals surface area contributed by atoms with E-state index in [0.717, 1.165) is 6.07 Å². The summed E-state index contributed by atoms with van der Waals surface area (Å²) in [4.78, 5) is 22.1. The van der Waals surface area contributed by atoms with E-state index in [1.54, 1.807) is 0 Å². The van der Waals surface area contributed by atoms with Crippen LogP contribution >= 0.6 is 0 Å². The number of aliphatic hydroxyl groups is 1. The standard InChI is InChI=1S/C12H16N4O4/c13-10-2-1-8(16(19)20)3-9(10)12(18)15-5-7-4-14-6-11(7)17/h1-3,7,11,14,17H,4-6,13H2,(H,15,18). The molecule has 5 N–H and O–H groups in total. The summed E-state index contributed by atoms with van der Waals surface area (Å²) in [5, 5.41) is 25.9. The number of nitro benzene ring substituents is 1. The van der Waals surface area contributed by atoms with Gasteiger partial charge in [0.05, 0.1) is 16.6 Å². The predicted octanol–water partition coefficient (Wildman–Crippen LogP) is -0.513. The van der Waals surface area contributed by atoms with Gasteiger partial charge in [0.1, 0.15) is 0 Å². The lowest BCUT2D eigenvalue weighted by Crippen LogP contribution is -2.34. The fourth-order valence-corrected chi connectivity index (χ4v) is 2.10. The molecular weight excluding hydrogens is 264 g/mol. The van der Waals surface area contributed by atoms with E-state index in [2.05, 4.69) is 10.6 Å². The number of nitro groups is 1. The molecule has 2 unspecified atom stereocenters. The van der Waals surface area contributed by atoms with Crippen molar-refractivity contribution in [2.24, 2.45) is 5.92 Å². The van der Waals surface area contributed by atoms with Crippen LogP contribution in [0.3, 0.4) is 0 Å². The van der Waals surface area contributed by atoms with E-state index in [0.29, 0.717) is 13.1 Å². The quantitative estimate of drug-likeness (QED) is 0.334. The van der Waals surface area contributed by atoms with Crippen LogP contribution in [0.4, 0.5) is 11.4 Å². The highest BCUT2D eigenvalue weighted by Gasteiger charge is 2.25. The molecule has 1 aromatic carbocycles. The molecule has 1 aliphatic heterocycles. The number of hydrogen-bond donors (Lipinski definition) is 4. The number of amides is 1. The van der Waals surface area contributed by atoms with Crippen molar-refractivity contribution in [1.82, 2.24) is 10.6 Å². The van der Waals surface area contributed by atoms with Crippen molar-refractivity contribution in [3.8, 4) is 0 Å². The maximum absolute atomic E-state index is 12.0. The first-order chi connectivity index (χ1) is 9.49. The van der Waals surface area contributed by atoms with E-state index in [1.165, 1.54) is 12.1 Å². The number of β-amino-alcohol motifs (C(OH)–C–C–N with tert-alkyl or cyclic N) is 1. The van der Waals surface area contributed by atoms with Gasteiger partial charge < -0.3 is 21.5 Å². The van der Waals surface area contributed by atoms with Gasteiger partial charge in [-0.05, 0) is 6.07 Å². The highest BCUT2D eigenvalue weighted by molar-refractivity contribution is 5.99. The van der Waals surface area contributed by atoms with Crippen LogP contribution in [0.1, 0.15) is 10.4 Å². The van der Waals surface area contributed by atoms with E-state index in [9.17, 15) is 20.0 Å². The number of nitrogens with zero attached hydrogens (tertiary/aromatic N) is 1. The molecular formula is C12H16N4O4. The molecule has 1 aromatic rings. The Bertz CT molecular complexity index is 534. The zero-order chi connectivity index (χ0) is 14.7. The van der Waals surface area contributed by atoms with Gasteiger partial charge in [0.15, 0.2) is 0 Å². The molecule has 1 amide bonds. The largest absolute Gasteiger partial charge is 0.398 e. The van der Waals surface area contributed by atoms with E-state index in [-0.39, 0.29) is 29.4 Å². The summed E-state index contributed by atoms with van der Waals surface area (Å²) in [6, 6.07) is 3.73. The highest BCUT2D eigenvalue weighted by atomic mass is 16.6. The monoisotopic (exact) mass is 280 g/mol. The Morgan fingerprint density at radius 3 is 2.90 bits per heavy atom. The number of benzene rings is 1. The lowest BCUT2D eigenvalue weighted by atomic mass is 10.1. The first kappa shape index (κ1) is 14.2. The molecule has 0 aliphatic carbocycles. The Labute approximate surface area is 115 Å². The molecule has 1 fully saturated rings. The van der Waals surface area contributed by atoms with Gasteiger partial charge in [-0.15, -0.1) is 0 Å². The van der Waals surface area contributed by atoms with E-state index < -0.39 is 16.9 Å². The zero-order valence-corrected chi connectivity index (χ0v) is 10.7. The van der Waals surface area contributed by atoms with Crippen molar-refractivity contribution in [3.05, 3.63) is 33.9 Å². The summed E-state index contributed by atoms with van der Waals surface area (Å²) < 4.78 is 0. The number of carbonyl (C=O) groups excluding carboxylic acids is 1. The molecule has 8 heteroatoms. The van der Waals surface area contributed by atoms with Gasteiger partial charge in [0.25, 0.3) is 11.6 Å². The highest BCUT2D eigenvalue weighted by Crippen LogP contribution is 2.19. The average molecular weight is 280 g/mol. The number of carbonyl (C=O) groups is 1. The third-order valence-electron chi connectivity index (χ3n) is 3.32. The lowest BCUT2D eigenvalue weighted by molar-refractivity contribution is -0.384. The van der Waals surface area contributed by atoms with Gasteiger partial charge in [-0.2, -0.15) is 0 Å². The van der Waals surface area contributed by atoms with Gasteiger partial charge in [-0.3, -0.25) is 14.9 Å². The van der Waals surface area contributed by atoms with E-state index in [1.807, 2.05) is 0 Å². The Morgan fingerprint density at radius 1 is 1.55 bits per heavy atom. The molecule has 1 heterocycles. The minimum absolute atomic E-state index is 0.0691. The van der Waals surface area contributed by atoms with Crippen LogP contribution < -0.4 is 16.4 Å². The minimum atomic E-state index is -0.582. The van der Waals surface area contributed by atoms with Crippen LogP contribution in [-0.2, 0) is 0 Å². The number of nitrogens with two attached hydrogens (primary N) is 1. The number of nitrogens with one attached hydrogen (secondary N) is 2. The number of hydrogen-bond acceptors (Lipinski definition) is 6. The Balaban J connectivity index is 2.05.